The van der Waals surface area contributed by atoms with E-state index in [1.807, 2.05) is 6.92 Å². The molecule has 1 aliphatic heterocycles. The maximum Gasteiger partial charge on any atom is 0.256 e. The molecule has 23 heavy (non-hydrogen) atoms. The lowest BCUT2D eigenvalue weighted by Crippen LogP contribution is -2.38. The summed E-state index contributed by atoms with van der Waals surface area (Å²) in [5.74, 6) is 0.141. The normalized spacial score (nSPS) is 16.9. The Labute approximate surface area is 135 Å². The number of nitrogens with zero attached hydrogens (tertiary/aromatic N) is 3. The quantitative estimate of drug-likeness (QED) is 0.654. The number of nitrogens with one attached hydrogen (secondary N) is 2. The molecular weight excluding hydrogens is 296 g/mol. The number of carbonyl (C=O) groups excluding carboxylic acids is 2. The van der Waals surface area contributed by atoms with Crippen molar-refractivity contribution in [2.24, 2.45) is 0 Å². The van der Waals surface area contributed by atoms with Gasteiger partial charge >= 0.3 is 0 Å². The Kier molecular flexibility index (Phi) is 5.51. The Balaban J connectivity index is 2.03. The van der Waals surface area contributed by atoms with Gasteiger partial charge in [0.2, 0.25) is 11.9 Å². The highest BCUT2D eigenvalue weighted by atomic mass is 16.2. The minimum Gasteiger partial charge on any atom is -0.369 e. The molecule has 1 saturated heterocycles. The largest absolute Gasteiger partial charge is 0.369 e. The first kappa shape index (κ1) is 16.7. The monoisotopic (exact) mass is 318 g/mol. The molecule has 124 valence electrons. The van der Waals surface area contributed by atoms with Crippen LogP contribution in [-0.4, -0.2) is 52.4 Å². The number of rotatable bonds is 6. The molecule has 1 aromatic heterocycles. The predicted molar refractivity (Wildman–Crippen MR) is 87.9 cm³/mol. The van der Waals surface area contributed by atoms with Gasteiger partial charge in [0.05, 0.1) is 0 Å². The van der Waals surface area contributed by atoms with Crippen molar-refractivity contribution >= 4 is 23.6 Å². The summed E-state index contributed by atoms with van der Waals surface area (Å²) >= 11 is 0. The Morgan fingerprint density at radius 2 is 2.35 bits per heavy atom. The molecule has 2 heterocycles. The predicted octanol–water partition coefficient (Wildman–Crippen LogP) is 0.397. The molecule has 0 radical (unpaired) electrons. The van der Waals surface area contributed by atoms with Gasteiger partial charge in [-0.25, -0.2) is 4.98 Å². The molecular formula is C15H22N6O2. The summed E-state index contributed by atoms with van der Waals surface area (Å²) in [6.07, 6.45) is 4.30. The van der Waals surface area contributed by atoms with E-state index in [0.717, 1.165) is 6.42 Å². The van der Waals surface area contributed by atoms with Gasteiger partial charge in [-0.2, -0.15) is 4.98 Å². The summed E-state index contributed by atoms with van der Waals surface area (Å²) in [4.78, 5) is 33.7. The van der Waals surface area contributed by atoms with E-state index in [0.29, 0.717) is 37.4 Å². The van der Waals surface area contributed by atoms with Crippen LogP contribution in [0.4, 0.5) is 11.8 Å². The van der Waals surface area contributed by atoms with Crippen LogP contribution in [0, 0.1) is 0 Å². The number of hydrogen-bond donors (Lipinski definition) is 3. The lowest BCUT2D eigenvalue weighted by molar-refractivity contribution is -0.125. The van der Waals surface area contributed by atoms with Gasteiger partial charge in [0.25, 0.3) is 5.91 Å². The number of nitrogen functional groups attached to an aromatic ring is 1. The number of amides is 2. The number of nitrogens with two attached hydrogens (primary N) is 1. The van der Waals surface area contributed by atoms with Crippen LogP contribution < -0.4 is 16.4 Å². The minimum atomic E-state index is -0.276. The first-order chi connectivity index (χ1) is 11.0. The van der Waals surface area contributed by atoms with E-state index in [-0.39, 0.29) is 23.8 Å². The SMILES string of the molecule is C=CC(=O)N1CCC(NC(=O)c2cnc(N)nc2NCCC)C1. The van der Waals surface area contributed by atoms with Crippen molar-refractivity contribution in [1.29, 1.82) is 0 Å². The van der Waals surface area contributed by atoms with E-state index in [1.165, 1.54) is 12.3 Å². The Bertz CT molecular complexity index is 604. The summed E-state index contributed by atoms with van der Waals surface area (Å²) in [5, 5.41) is 5.99. The van der Waals surface area contributed by atoms with Gasteiger partial charge in [-0.05, 0) is 18.9 Å². The maximum absolute atomic E-state index is 12.4. The number of hydrogen-bond acceptors (Lipinski definition) is 6. The molecule has 4 N–H and O–H groups in total. The molecule has 0 bridgehead atoms. The number of anilines is 2. The van der Waals surface area contributed by atoms with Gasteiger partial charge in [-0.1, -0.05) is 13.5 Å². The fourth-order valence-electron chi connectivity index (χ4n) is 2.41. The Hall–Kier alpha value is -2.64. The van der Waals surface area contributed by atoms with Crippen molar-refractivity contribution in [3.63, 3.8) is 0 Å². The van der Waals surface area contributed by atoms with E-state index in [9.17, 15) is 9.59 Å². The van der Waals surface area contributed by atoms with Gasteiger partial charge in [0.15, 0.2) is 0 Å². The van der Waals surface area contributed by atoms with Crippen molar-refractivity contribution in [3.8, 4) is 0 Å². The van der Waals surface area contributed by atoms with Crippen molar-refractivity contribution in [2.75, 3.05) is 30.7 Å². The van der Waals surface area contributed by atoms with Crippen LogP contribution in [0.3, 0.4) is 0 Å². The van der Waals surface area contributed by atoms with Crippen LogP contribution in [0.2, 0.25) is 0 Å². The zero-order valence-corrected chi connectivity index (χ0v) is 13.2. The van der Waals surface area contributed by atoms with Crippen molar-refractivity contribution in [2.45, 2.75) is 25.8 Å². The third-order valence-electron chi connectivity index (χ3n) is 3.60. The Morgan fingerprint density at radius 1 is 1.57 bits per heavy atom. The van der Waals surface area contributed by atoms with Crippen LogP contribution in [-0.2, 0) is 4.79 Å². The lowest BCUT2D eigenvalue weighted by Gasteiger charge is -2.16. The van der Waals surface area contributed by atoms with Crippen LogP contribution in [0.5, 0.6) is 0 Å². The first-order valence-corrected chi connectivity index (χ1v) is 7.63. The standard InChI is InChI=1S/C15H22N6O2/c1-3-6-17-13-11(8-18-15(16)20-13)14(23)19-10-5-7-21(9-10)12(22)4-2/h4,8,10H,2-3,5-7,9H2,1H3,(H,19,23)(H3,16,17,18,20). The third-order valence-corrected chi connectivity index (χ3v) is 3.60. The average molecular weight is 318 g/mol. The second-order valence-corrected chi connectivity index (χ2v) is 5.36. The molecule has 1 atom stereocenters. The fourth-order valence-corrected chi connectivity index (χ4v) is 2.41. The average Bonchev–Trinajstić information content (AvgIpc) is 3.00. The van der Waals surface area contributed by atoms with Gasteiger partial charge in [-0.15, -0.1) is 0 Å². The molecule has 1 unspecified atom stereocenters. The topological polar surface area (TPSA) is 113 Å². The first-order valence-electron chi connectivity index (χ1n) is 7.63. The molecule has 2 rings (SSSR count). The van der Waals surface area contributed by atoms with E-state index >= 15 is 0 Å². The van der Waals surface area contributed by atoms with Crippen LogP contribution in [0.1, 0.15) is 30.1 Å². The summed E-state index contributed by atoms with van der Waals surface area (Å²) in [7, 11) is 0. The van der Waals surface area contributed by atoms with Gasteiger partial charge in [0, 0.05) is 31.9 Å². The second kappa shape index (κ2) is 7.57. The van der Waals surface area contributed by atoms with Crippen LogP contribution in [0.25, 0.3) is 0 Å². The number of likely N-dealkylation sites (tertiary alicyclic amines) is 1. The molecule has 8 nitrogen and oxygen atoms in total. The zero-order chi connectivity index (χ0) is 16.8. The molecule has 1 aliphatic rings. The van der Waals surface area contributed by atoms with Crippen molar-refractivity contribution in [3.05, 3.63) is 24.4 Å². The summed E-state index contributed by atoms with van der Waals surface area (Å²) in [5.41, 5.74) is 5.93. The van der Waals surface area contributed by atoms with Crippen LogP contribution in [0.15, 0.2) is 18.9 Å². The smallest absolute Gasteiger partial charge is 0.256 e. The summed E-state index contributed by atoms with van der Waals surface area (Å²) in [6, 6.07) is -0.0945. The third kappa shape index (κ3) is 4.18. The van der Waals surface area contributed by atoms with Crippen molar-refractivity contribution in [1.82, 2.24) is 20.2 Å². The van der Waals surface area contributed by atoms with Crippen molar-refractivity contribution < 1.29 is 9.59 Å². The number of carbonyl (C=O) groups is 2. The van der Waals surface area contributed by atoms with E-state index in [1.54, 1.807) is 4.90 Å². The van der Waals surface area contributed by atoms with E-state index in [2.05, 4.69) is 27.2 Å². The summed E-state index contributed by atoms with van der Waals surface area (Å²) in [6.45, 7) is 7.25. The van der Waals surface area contributed by atoms with E-state index < -0.39 is 0 Å². The van der Waals surface area contributed by atoms with Gasteiger partial charge < -0.3 is 21.3 Å². The maximum atomic E-state index is 12.4. The molecule has 0 aromatic carbocycles. The van der Waals surface area contributed by atoms with E-state index in [4.69, 9.17) is 5.73 Å². The van der Waals surface area contributed by atoms with Gasteiger partial charge in [-0.3, -0.25) is 9.59 Å². The zero-order valence-electron chi connectivity index (χ0n) is 13.2. The molecule has 8 heteroatoms. The van der Waals surface area contributed by atoms with Gasteiger partial charge in [0.1, 0.15) is 11.4 Å². The molecule has 0 saturated carbocycles. The second-order valence-electron chi connectivity index (χ2n) is 5.36. The fraction of sp³-hybridized carbons (Fsp3) is 0.467. The molecule has 0 spiro atoms. The number of aromatic nitrogens is 2. The van der Waals surface area contributed by atoms with Crippen LogP contribution >= 0.6 is 0 Å². The minimum absolute atomic E-state index is 0.0945. The lowest BCUT2D eigenvalue weighted by atomic mass is 10.2. The highest BCUT2D eigenvalue weighted by Gasteiger charge is 2.27. The Morgan fingerprint density at radius 3 is 3.04 bits per heavy atom. The molecule has 0 aliphatic carbocycles. The highest BCUT2D eigenvalue weighted by molar-refractivity contribution is 5.98. The summed E-state index contributed by atoms with van der Waals surface area (Å²) < 4.78 is 0. The molecule has 1 fully saturated rings. The molecule has 1 aromatic rings. The highest BCUT2D eigenvalue weighted by Crippen LogP contribution is 2.15. The molecule has 2 amide bonds.